The van der Waals surface area contributed by atoms with Crippen LogP contribution in [0.3, 0.4) is 0 Å². The van der Waals surface area contributed by atoms with Gasteiger partial charge in [-0.1, -0.05) is 18.4 Å². The highest BCUT2D eigenvalue weighted by Gasteiger charge is 2.31. The van der Waals surface area contributed by atoms with Gasteiger partial charge in [0, 0.05) is 19.5 Å². The number of nitrogens with zero attached hydrogens (tertiary/aromatic N) is 2. The van der Waals surface area contributed by atoms with Crippen molar-refractivity contribution in [1.82, 2.24) is 10.2 Å². The monoisotopic (exact) mass is 210 g/mol. The van der Waals surface area contributed by atoms with Crippen LogP contribution in [0.5, 0.6) is 0 Å². The molecular weight excluding hydrogens is 192 g/mol. The molecule has 1 saturated carbocycles. The third-order valence-corrected chi connectivity index (χ3v) is 3.05. The first-order valence-corrected chi connectivity index (χ1v) is 5.48. The molecule has 0 spiro atoms. The first-order valence-electron chi connectivity index (χ1n) is 5.48. The van der Waals surface area contributed by atoms with E-state index in [4.69, 9.17) is 10.2 Å². The summed E-state index contributed by atoms with van der Waals surface area (Å²) < 4.78 is 5.37. The van der Waals surface area contributed by atoms with E-state index >= 15 is 0 Å². The Morgan fingerprint density at radius 2 is 2.27 bits per heavy atom. The van der Waals surface area contributed by atoms with Gasteiger partial charge >= 0.3 is 6.01 Å². The fourth-order valence-electron chi connectivity index (χ4n) is 1.80. The highest BCUT2D eigenvalue weighted by atomic mass is 16.4. The van der Waals surface area contributed by atoms with E-state index in [1.165, 1.54) is 19.3 Å². The first-order chi connectivity index (χ1) is 7.22. The van der Waals surface area contributed by atoms with Crippen LogP contribution < -0.4 is 11.1 Å². The van der Waals surface area contributed by atoms with Crippen LogP contribution in [-0.2, 0) is 6.42 Å². The Hall–Kier alpha value is -1.10. The van der Waals surface area contributed by atoms with Crippen LogP contribution >= 0.6 is 0 Å². The molecule has 5 heteroatoms. The molecule has 0 amide bonds. The van der Waals surface area contributed by atoms with Gasteiger partial charge < -0.3 is 15.5 Å². The molecule has 0 bridgehead atoms. The molecule has 15 heavy (non-hydrogen) atoms. The van der Waals surface area contributed by atoms with Gasteiger partial charge in [-0.2, -0.15) is 0 Å². The Labute approximate surface area is 89.4 Å². The van der Waals surface area contributed by atoms with Crippen molar-refractivity contribution in [3.63, 3.8) is 0 Å². The van der Waals surface area contributed by atoms with Gasteiger partial charge in [0.2, 0.25) is 5.89 Å². The van der Waals surface area contributed by atoms with E-state index in [-0.39, 0.29) is 0 Å². The molecule has 0 atom stereocenters. The quantitative estimate of drug-likeness (QED) is 0.763. The molecule has 1 aromatic heterocycles. The van der Waals surface area contributed by atoms with Gasteiger partial charge in [-0.05, 0) is 18.3 Å². The minimum atomic E-state index is 0.419. The molecular formula is C10H18N4O. The van der Waals surface area contributed by atoms with E-state index in [2.05, 4.69) is 22.4 Å². The maximum atomic E-state index is 5.40. The van der Waals surface area contributed by atoms with Crippen molar-refractivity contribution in [3.05, 3.63) is 5.89 Å². The summed E-state index contributed by atoms with van der Waals surface area (Å²) in [5.41, 5.74) is 5.81. The van der Waals surface area contributed by atoms with Crippen LogP contribution in [0.2, 0.25) is 0 Å². The lowest BCUT2D eigenvalue weighted by Gasteiger charge is -2.38. The normalized spacial score (nSPS) is 18.5. The number of rotatable bonds is 5. The van der Waals surface area contributed by atoms with Crippen molar-refractivity contribution in [1.29, 1.82) is 0 Å². The maximum Gasteiger partial charge on any atom is 0.315 e. The molecule has 1 fully saturated rings. The van der Waals surface area contributed by atoms with Crippen molar-refractivity contribution in [3.8, 4) is 0 Å². The molecule has 84 valence electrons. The van der Waals surface area contributed by atoms with E-state index in [0.29, 0.717) is 30.3 Å². The minimum Gasteiger partial charge on any atom is -0.408 e. The largest absolute Gasteiger partial charge is 0.408 e. The number of nitrogens with one attached hydrogen (secondary N) is 1. The molecule has 0 radical (unpaired) electrons. The summed E-state index contributed by atoms with van der Waals surface area (Å²) >= 11 is 0. The van der Waals surface area contributed by atoms with E-state index in [1.54, 1.807) is 0 Å². The Balaban J connectivity index is 1.82. The second-order valence-corrected chi connectivity index (χ2v) is 4.56. The predicted octanol–water partition coefficient (Wildman–Crippen LogP) is 1.17. The fraction of sp³-hybridized carbons (Fsp3) is 0.800. The van der Waals surface area contributed by atoms with Gasteiger partial charge in [-0.25, -0.2) is 0 Å². The van der Waals surface area contributed by atoms with Gasteiger partial charge in [0.1, 0.15) is 0 Å². The van der Waals surface area contributed by atoms with Gasteiger partial charge in [0.25, 0.3) is 0 Å². The molecule has 1 aliphatic carbocycles. The molecule has 0 unspecified atom stereocenters. The number of aromatic nitrogens is 2. The van der Waals surface area contributed by atoms with E-state index in [1.807, 2.05) is 0 Å². The molecule has 0 aliphatic heterocycles. The third kappa shape index (κ3) is 2.47. The lowest BCUT2D eigenvalue weighted by Crippen LogP contribution is -2.33. The molecule has 1 aromatic rings. The van der Waals surface area contributed by atoms with Gasteiger partial charge in [-0.15, -0.1) is 5.10 Å². The summed E-state index contributed by atoms with van der Waals surface area (Å²) in [5, 5.41) is 11.0. The average Bonchev–Trinajstić information content (AvgIpc) is 2.60. The molecule has 2 rings (SSSR count). The zero-order chi connectivity index (χ0) is 10.7. The zero-order valence-corrected chi connectivity index (χ0v) is 9.12. The fourth-order valence-corrected chi connectivity index (χ4v) is 1.80. The Bertz CT molecular complexity index is 319. The van der Waals surface area contributed by atoms with Gasteiger partial charge in [-0.3, -0.25) is 0 Å². The van der Waals surface area contributed by atoms with Crippen LogP contribution in [0.25, 0.3) is 0 Å². The van der Waals surface area contributed by atoms with Crippen LogP contribution in [0, 0.1) is 5.41 Å². The molecule has 0 saturated heterocycles. The Morgan fingerprint density at radius 1 is 1.47 bits per heavy atom. The van der Waals surface area contributed by atoms with Crippen molar-refractivity contribution >= 4 is 6.01 Å². The SMILES string of the molecule is CC1(CNc2nnc(CCN)o2)CCC1. The van der Waals surface area contributed by atoms with Crippen LogP contribution in [0.1, 0.15) is 32.1 Å². The average molecular weight is 210 g/mol. The van der Waals surface area contributed by atoms with Crippen LogP contribution in [0.15, 0.2) is 4.42 Å². The molecule has 0 aromatic carbocycles. The summed E-state index contributed by atoms with van der Waals surface area (Å²) in [7, 11) is 0. The molecule has 1 aliphatic rings. The van der Waals surface area contributed by atoms with E-state index < -0.39 is 0 Å². The minimum absolute atomic E-state index is 0.419. The second kappa shape index (κ2) is 4.18. The highest BCUT2D eigenvalue weighted by Crippen LogP contribution is 2.40. The number of hydrogen-bond acceptors (Lipinski definition) is 5. The summed E-state index contributed by atoms with van der Waals surface area (Å²) in [6, 6.07) is 0.520. The van der Waals surface area contributed by atoms with Crippen molar-refractivity contribution < 1.29 is 4.42 Å². The lowest BCUT2D eigenvalue weighted by atomic mass is 9.70. The van der Waals surface area contributed by atoms with Crippen molar-refractivity contribution in [2.24, 2.45) is 11.1 Å². The highest BCUT2D eigenvalue weighted by molar-refractivity contribution is 5.18. The second-order valence-electron chi connectivity index (χ2n) is 4.56. The summed E-state index contributed by atoms with van der Waals surface area (Å²) in [5.74, 6) is 0.610. The van der Waals surface area contributed by atoms with Crippen LogP contribution in [-0.4, -0.2) is 23.3 Å². The predicted molar refractivity (Wildman–Crippen MR) is 57.5 cm³/mol. The summed E-state index contributed by atoms with van der Waals surface area (Å²) in [6.45, 7) is 3.73. The smallest absolute Gasteiger partial charge is 0.315 e. The van der Waals surface area contributed by atoms with Crippen molar-refractivity contribution in [2.45, 2.75) is 32.6 Å². The lowest BCUT2D eigenvalue weighted by molar-refractivity contribution is 0.178. The number of anilines is 1. The number of hydrogen-bond donors (Lipinski definition) is 2. The summed E-state index contributed by atoms with van der Waals surface area (Å²) in [6.07, 6.45) is 4.54. The third-order valence-electron chi connectivity index (χ3n) is 3.05. The van der Waals surface area contributed by atoms with Crippen LogP contribution in [0.4, 0.5) is 6.01 Å². The first kappa shape index (κ1) is 10.4. The topological polar surface area (TPSA) is 77.0 Å². The van der Waals surface area contributed by atoms with E-state index in [9.17, 15) is 0 Å². The summed E-state index contributed by atoms with van der Waals surface area (Å²) in [4.78, 5) is 0. The molecule has 1 heterocycles. The Kier molecular flexibility index (Phi) is 2.90. The van der Waals surface area contributed by atoms with E-state index in [0.717, 1.165) is 6.54 Å². The van der Waals surface area contributed by atoms with Crippen molar-refractivity contribution in [2.75, 3.05) is 18.4 Å². The Morgan fingerprint density at radius 3 is 2.87 bits per heavy atom. The maximum absolute atomic E-state index is 5.40. The number of nitrogens with two attached hydrogens (primary N) is 1. The zero-order valence-electron chi connectivity index (χ0n) is 9.12. The molecule has 3 N–H and O–H groups in total. The van der Waals surface area contributed by atoms with Gasteiger partial charge in [0.15, 0.2) is 0 Å². The standard InChI is InChI=1S/C10H18N4O/c1-10(4-2-5-10)7-12-9-14-13-8(15-9)3-6-11/h2-7,11H2,1H3,(H,12,14). The molecule has 5 nitrogen and oxygen atoms in total. The van der Waals surface area contributed by atoms with Gasteiger partial charge in [0.05, 0.1) is 0 Å².